The van der Waals surface area contributed by atoms with E-state index >= 15 is 0 Å². The molecule has 0 amide bonds. The van der Waals surface area contributed by atoms with Crippen molar-refractivity contribution in [2.45, 2.75) is 38.6 Å². The van der Waals surface area contributed by atoms with Gasteiger partial charge in [0, 0.05) is 30.2 Å². The second kappa shape index (κ2) is 4.02. The average molecular weight is 230 g/mol. The smallest absolute Gasteiger partial charge is 0.0399 e. The maximum absolute atomic E-state index is 6.28. The fourth-order valence-electron chi connectivity index (χ4n) is 3.46. The minimum Gasteiger partial charge on any atom is -0.370 e. The first kappa shape index (κ1) is 11.1. The Bertz CT molecular complexity index is 415. The van der Waals surface area contributed by atoms with Crippen molar-refractivity contribution in [3.63, 3.8) is 0 Å². The standard InChI is InChI=1S/C15H22N2/c1-15(9-4-7-14(15)16)11-17-10-8-12-5-2-3-6-13(12)17/h2-3,5-6,14H,4,7-11,16H2,1H3. The quantitative estimate of drug-likeness (QED) is 0.846. The van der Waals surface area contributed by atoms with E-state index in [0.717, 1.165) is 6.54 Å². The zero-order chi connectivity index (χ0) is 11.9. The van der Waals surface area contributed by atoms with Gasteiger partial charge in [0.25, 0.3) is 0 Å². The minimum atomic E-state index is 0.317. The van der Waals surface area contributed by atoms with Crippen LogP contribution in [-0.2, 0) is 6.42 Å². The Morgan fingerprint density at radius 1 is 1.41 bits per heavy atom. The molecule has 1 saturated carbocycles. The van der Waals surface area contributed by atoms with E-state index in [9.17, 15) is 0 Å². The van der Waals surface area contributed by atoms with Gasteiger partial charge in [0.15, 0.2) is 0 Å². The van der Waals surface area contributed by atoms with Crippen molar-refractivity contribution in [3.05, 3.63) is 29.8 Å². The molecule has 1 fully saturated rings. The molecule has 3 rings (SSSR count). The number of benzene rings is 1. The fourth-order valence-corrected chi connectivity index (χ4v) is 3.46. The first-order chi connectivity index (χ1) is 8.19. The second-order valence-corrected chi connectivity index (χ2v) is 5.95. The summed E-state index contributed by atoms with van der Waals surface area (Å²) >= 11 is 0. The molecule has 0 aromatic heterocycles. The SMILES string of the molecule is CC1(CN2CCc3ccccc32)CCCC1N. The maximum Gasteiger partial charge on any atom is 0.0399 e. The topological polar surface area (TPSA) is 29.3 Å². The third-order valence-electron chi connectivity index (χ3n) is 4.69. The Hall–Kier alpha value is -1.02. The Labute approximate surface area is 104 Å². The zero-order valence-corrected chi connectivity index (χ0v) is 10.7. The van der Waals surface area contributed by atoms with Crippen LogP contribution in [0.2, 0.25) is 0 Å². The molecule has 92 valence electrons. The van der Waals surface area contributed by atoms with E-state index in [1.165, 1.54) is 43.5 Å². The Morgan fingerprint density at radius 3 is 3.00 bits per heavy atom. The summed E-state index contributed by atoms with van der Waals surface area (Å²) in [5.74, 6) is 0. The summed E-state index contributed by atoms with van der Waals surface area (Å²) in [5, 5.41) is 0. The lowest BCUT2D eigenvalue weighted by Gasteiger charge is -2.35. The average Bonchev–Trinajstić information content (AvgIpc) is 2.86. The van der Waals surface area contributed by atoms with E-state index in [0.29, 0.717) is 11.5 Å². The van der Waals surface area contributed by atoms with Crippen LogP contribution in [-0.4, -0.2) is 19.1 Å². The molecule has 2 aliphatic rings. The van der Waals surface area contributed by atoms with Crippen LogP contribution in [0.5, 0.6) is 0 Å². The van der Waals surface area contributed by atoms with Crippen molar-refractivity contribution < 1.29 is 0 Å². The van der Waals surface area contributed by atoms with Crippen LogP contribution < -0.4 is 10.6 Å². The van der Waals surface area contributed by atoms with Gasteiger partial charge in [-0.25, -0.2) is 0 Å². The van der Waals surface area contributed by atoms with E-state index in [2.05, 4.69) is 36.1 Å². The van der Waals surface area contributed by atoms with Crippen LogP contribution in [0, 0.1) is 5.41 Å². The van der Waals surface area contributed by atoms with E-state index in [4.69, 9.17) is 5.73 Å². The molecule has 1 aliphatic carbocycles. The lowest BCUT2D eigenvalue weighted by Crippen LogP contribution is -2.43. The maximum atomic E-state index is 6.28. The number of para-hydroxylation sites is 1. The van der Waals surface area contributed by atoms with Crippen LogP contribution in [0.25, 0.3) is 0 Å². The van der Waals surface area contributed by atoms with E-state index in [1.54, 1.807) is 0 Å². The minimum absolute atomic E-state index is 0.317. The Kier molecular flexibility index (Phi) is 2.62. The molecule has 1 heterocycles. The summed E-state index contributed by atoms with van der Waals surface area (Å²) in [4.78, 5) is 2.54. The third-order valence-corrected chi connectivity index (χ3v) is 4.69. The highest BCUT2D eigenvalue weighted by Gasteiger charge is 2.38. The van der Waals surface area contributed by atoms with Gasteiger partial charge in [-0.15, -0.1) is 0 Å². The van der Waals surface area contributed by atoms with Gasteiger partial charge in [0.2, 0.25) is 0 Å². The van der Waals surface area contributed by atoms with Crippen LogP contribution in [0.3, 0.4) is 0 Å². The largest absolute Gasteiger partial charge is 0.370 e. The first-order valence-corrected chi connectivity index (χ1v) is 6.77. The number of fused-ring (bicyclic) bond motifs is 1. The molecule has 2 nitrogen and oxygen atoms in total. The first-order valence-electron chi connectivity index (χ1n) is 6.77. The lowest BCUT2D eigenvalue weighted by molar-refractivity contribution is 0.298. The van der Waals surface area contributed by atoms with Gasteiger partial charge in [0.1, 0.15) is 0 Å². The molecule has 2 heteroatoms. The van der Waals surface area contributed by atoms with Crippen LogP contribution in [0.1, 0.15) is 31.7 Å². The number of hydrogen-bond donors (Lipinski definition) is 1. The highest BCUT2D eigenvalue weighted by molar-refractivity contribution is 5.58. The van der Waals surface area contributed by atoms with Crippen LogP contribution in [0.15, 0.2) is 24.3 Å². The molecular formula is C15H22N2. The summed E-state index contributed by atoms with van der Waals surface area (Å²) in [5.41, 5.74) is 9.54. The van der Waals surface area contributed by atoms with Crippen molar-refractivity contribution in [1.29, 1.82) is 0 Å². The highest BCUT2D eigenvalue weighted by Crippen LogP contribution is 2.40. The molecule has 0 saturated heterocycles. The number of nitrogens with two attached hydrogens (primary N) is 1. The number of nitrogens with zero attached hydrogens (tertiary/aromatic N) is 1. The van der Waals surface area contributed by atoms with Gasteiger partial charge in [-0.1, -0.05) is 31.5 Å². The summed E-state index contributed by atoms with van der Waals surface area (Å²) in [6, 6.07) is 9.19. The van der Waals surface area contributed by atoms with Crippen LogP contribution in [0.4, 0.5) is 5.69 Å². The van der Waals surface area contributed by atoms with Gasteiger partial charge >= 0.3 is 0 Å². The summed E-state index contributed by atoms with van der Waals surface area (Å²) in [6.45, 7) is 4.67. The lowest BCUT2D eigenvalue weighted by atomic mass is 9.84. The fraction of sp³-hybridized carbons (Fsp3) is 0.600. The van der Waals surface area contributed by atoms with E-state index < -0.39 is 0 Å². The van der Waals surface area contributed by atoms with Crippen LogP contribution >= 0.6 is 0 Å². The van der Waals surface area contributed by atoms with E-state index in [1.807, 2.05) is 0 Å². The van der Waals surface area contributed by atoms with Gasteiger partial charge in [0.05, 0.1) is 0 Å². The van der Waals surface area contributed by atoms with Crippen molar-refractivity contribution >= 4 is 5.69 Å². The third kappa shape index (κ3) is 1.85. The second-order valence-electron chi connectivity index (χ2n) is 5.95. The molecule has 0 radical (unpaired) electrons. The molecule has 0 bridgehead atoms. The van der Waals surface area contributed by atoms with Gasteiger partial charge < -0.3 is 10.6 Å². The van der Waals surface area contributed by atoms with Crippen molar-refractivity contribution in [1.82, 2.24) is 0 Å². The van der Waals surface area contributed by atoms with Crippen molar-refractivity contribution in [2.75, 3.05) is 18.0 Å². The Morgan fingerprint density at radius 2 is 2.24 bits per heavy atom. The predicted octanol–water partition coefficient (Wildman–Crippen LogP) is 2.57. The summed E-state index contributed by atoms with van der Waals surface area (Å²) in [6.07, 6.45) is 4.98. The zero-order valence-electron chi connectivity index (χ0n) is 10.7. The van der Waals surface area contributed by atoms with Crippen molar-refractivity contribution in [3.8, 4) is 0 Å². The molecular weight excluding hydrogens is 208 g/mol. The monoisotopic (exact) mass is 230 g/mol. The number of anilines is 1. The summed E-state index contributed by atoms with van der Waals surface area (Å²) in [7, 11) is 0. The molecule has 1 aromatic rings. The molecule has 17 heavy (non-hydrogen) atoms. The van der Waals surface area contributed by atoms with E-state index in [-0.39, 0.29) is 0 Å². The Balaban J connectivity index is 1.79. The highest BCUT2D eigenvalue weighted by atomic mass is 15.2. The predicted molar refractivity (Wildman–Crippen MR) is 72.3 cm³/mol. The normalized spacial score (nSPS) is 31.9. The van der Waals surface area contributed by atoms with Gasteiger partial charge in [-0.3, -0.25) is 0 Å². The van der Waals surface area contributed by atoms with Gasteiger partial charge in [-0.2, -0.15) is 0 Å². The molecule has 1 aliphatic heterocycles. The number of rotatable bonds is 2. The molecule has 2 N–H and O–H groups in total. The molecule has 2 unspecified atom stereocenters. The molecule has 2 atom stereocenters. The van der Waals surface area contributed by atoms with Crippen molar-refractivity contribution in [2.24, 2.45) is 11.1 Å². The van der Waals surface area contributed by atoms with Gasteiger partial charge in [-0.05, 0) is 30.9 Å². The number of hydrogen-bond acceptors (Lipinski definition) is 2. The summed E-state index contributed by atoms with van der Waals surface area (Å²) < 4.78 is 0. The molecule has 0 spiro atoms. The molecule has 1 aromatic carbocycles.